The predicted molar refractivity (Wildman–Crippen MR) is 29.8 cm³/mol. The highest BCUT2D eigenvalue weighted by Gasteiger charge is 1.76. The van der Waals surface area contributed by atoms with E-state index in [1.807, 2.05) is 0 Å². The van der Waals surface area contributed by atoms with Crippen molar-refractivity contribution in [2.45, 2.75) is 19.8 Å². The van der Waals surface area contributed by atoms with Gasteiger partial charge in [-0.15, -0.1) is 0 Å². The van der Waals surface area contributed by atoms with Crippen LogP contribution in [0.2, 0.25) is 0 Å². The first-order chi connectivity index (χ1) is 2.91. The van der Waals surface area contributed by atoms with E-state index in [9.17, 15) is 0 Å². The first-order valence-corrected chi connectivity index (χ1v) is 2.80. The van der Waals surface area contributed by atoms with E-state index in [2.05, 4.69) is 27.0 Å². The molecule has 0 amide bonds. The van der Waals surface area contributed by atoms with Crippen molar-refractivity contribution in [3.8, 4) is 0 Å². The van der Waals surface area contributed by atoms with Crippen molar-refractivity contribution >= 4 is 16.3 Å². The van der Waals surface area contributed by atoms with Crippen molar-refractivity contribution in [3.05, 3.63) is 0 Å². The lowest BCUT2D eigenvalue weighted by Gasteiger charge is -1.86. The van der Waals surface area contributed by atoms with Crippen LogP contribution in [-0.4, -0.2) is 6.61 Å². The van der Waals surface area contributed by atoms with E-state index in [4.69, 9.17) is 0 Å². The highest BCUT2D eigenvalue weighted by Crippen LogP contribution is 1.90. The van der Waals surface area contributed by atoms with E-state index in [1.165, 1.54) is 6.42 Å². The maximum Gasteiger partial charge on any atom is 0.0987 e. The first-order valence-electron chi connectivity index (χ1n) is 2.15. The minimum absolute atomic E-state index is 0.830. The summed E-state index contributed by atoms with van der Waals surface area (Å²) in [5, 5.41) is 0. The van der Waals surface area contributed by atoms with E-state index in [1.54, 1.807) is 0 Å². The van der Waals surface area contributed by atoms with Crippen molar-refractivity contribution in [2.75, 3.05) is 6.61 Å². The molecule has 0 aromatic carbocycles. The summed E-state index contributed by atoms with van der Waals surface area (Å²) in [4.78, 5) is 0. The quantitative estimate of drug-likeness (QED) is 0.564. The van der Waals surface area contributed by atoms with E-state index in [-0.39, 0.29) is 0 Å². The molecule has 0 saturated carbocycles. The minimum Gasteiger partial charge on any atom is -0.308 e. The Kier molecular flexibility index (Phi) is 5.84. The number of hydrogen-bond donors (Lipinski definition) is 0. The van der Waals surface area contributed by atoms with Crippen molar-refractivity contribution < 1.29 is 3.83 Å². The number of rotatable bonds is 3. The molecule has 0 fully saturated rings. The molecule has 0 aromatic heterocycles. The summed E-state index contributed by atoms with van der Waals surface area (Å²) < 4.78 is 4.59. The van der Waals surface area contributed by atoms with Gasteiger partial charge in [-0.3, -0.25) is 0 Å². The van der Waals surface area contributed by atoms with Crippen molar-refractivity contribution in [1.29, 1.82) is 0 Å². The molecule has 1 nitrogen and oxygen atoms in total. The molecule has 0 atom stereocenters. The zero-order valence-electron chi connectivity index (χ0n) is 3.91. The third-order valence-corrected chi connectivity index (χ3v) is 0.899. The topological polar surface area (TPSA) is 9.23 Å². The zero-order valence-corrected chi connectivity index (χ0v) is 5.49. The summed E-state index contributed by atoms with van der Waals surface area (Å²) in [5.41, 5.74) is 0. The molecule has 0 radical (unpaired) electrons. The Morgan fingerprint density at radius 3 is 2.50 bits per heavy atom. The fourth-order valence-corrected chi connectivity index (χ4v) is 0.428. The summed E-state index contributed by atoms with van der Waals surface area (Å²) in [5.74, 6) is 0. The summed E-state index contributed by atoms with van der Waals surface area (Å²) in [6, 6.07) is 0. The molecule has 0 aliphatic carbocycles. The van der Waals surface area contributed by atoms with Crippen LogP contribution in [0, 0.1) is 0 Å². The van der Waals surface area contributed by atoms with Crippen LogP contribution < -0.4 is 0 Å². The molecular weight excluding hydrogens is 144 g/mol. The second kappa shape index (κ2) is 5.44. The lowest BCUT2D eigenvalue weighted by atomic mass is 10.4. The maximum absolute atomic E-state index is 4.59. The molecule has 0 aliphatic heterocycles. The summed E-state index contributed by atoms with van der Waals surface area (Å²) in [7, 11) is 0. The summed E-state index contributed by atoms with van der Waals surface area (Å²) >= 11 is 2.85. The van der Waals surface area contributed by atoms with E-state index in [0.29, 0.717) is 0 Å². The van der Waals surface area contributed by atoms with Gasteiger partial charge >= 0.3 is 0 Å². The van der Waals surface area contributed by atoms with Crippen LogP contribution >= 0.6 is 16.3 Å². The van der Waals surface area contributed by atoms with E-state index >= 15 is 0 Å². The van der Waals surface area contributed by atoms with Crippen LogP contribution in [0.1, 0.15) is 19.8 Å². The van der Waals surface area contributed by atoms with Gasteiger partial charge < -0.3 is 3.83 Å². The second-order valence-electron chi connectivity index (χ2n) is 1.17. The van der Waals surface area contributed by atoms with Gasteiger partial charge in [0, 0.05) is 0 Å². The molecule has 0 bridgehead atoms. The third kappa shape index (κ3) is 4.44. The van der Waals surface area contributed by atoms with Gasteiger partial charge in [0.1, 0.15) is 0 Å². The molecule has 0 saturated heterocycles. The van der Waals surface area contributed by atoms with Gasteiger partial charge in [0.25, 0.3) is 0 Å². The molecule has 0 spiro atoms. The van der Waals surface area contributed by atoms with E-state index in [0.717, 1.165) is 13.0 Å². The molecule has 0 unspecified atom stereocenters. The van der Waals surface area contributed by atoms with Gasteiger partial charge in [-0.2, -0.15) is 0 Å². The summed E-state index contributed by atoms with van der Waals surface area (Å²) in [6.07, 6.45) is 2.34. The smallest absolute Gasteiger partial charge is 0.0987 e. The predicted octanol–water partition coefficient (Wildman–Crippen LogP) is 2.11. The van der Waals surface area contributed by atoms with Crippen LogP contribution in [0.5, 0.6) is 0 Å². The van der Waals surface area contributed by atoms with Crippen LogP contribution in [0.25, 0.3) is 0 Å². The van der Waals surface area contributed by atoms with Crippen molar-refractivity contribution in [1.82, 2.24) is 0 Å². The van der Waals surface area contributed by atoms with Crippen molar-refractivity contribution in [2.24, 2.45) is 0 Å². The molecule has 0 heterocycles. The van der Waals surface area contributed by atoms with Crippen LogP contribution in [0.4, 0.5) is 0 Å². The highest BCUT2D eigenvalue weighted by molar-refractivity contribution is 9.06. The highest BCUT2D eigenvalue weighted by atomic mass is 79.9. The zero-order chi connectivity index (χ0) is 4.83. The standard InChI is InChI=1S/C4H9BrO/c1-2-3-4-6-5/h2-4H2,1H3. The first kappa shape index (κ1) is 6.44. The Hall–Kier alpha value is 0.440. The fourth-order valence-electron chi connectivity index (χ4n) is 0.199. The van der Waals surface area contributed by atoms with Crippen molar-refractivity contribution in [3.63, 3.8) is 0 Å². The van der Waals surface area contributed by atoms with Gasteiger partial charge in [0.2, 0.25) is 0 Å². The Morgan fingerprint density at radius 1 is 1.67 bits per heavy atom. The molecule has 0 aliphatic rings. The van der Waals surface area contributed by atoms with E-state index < -0.39 is 0 Å². The lowest BCUT2D eigenvalue weighted by Crippen LogP contribution is -1.78. The van der Waals surface area contributed by atoms with Gasteiger partial charge in [-0.05, 0) is 6.42 Å². The van der Waals surface area contributed by atoms with Crippen LogP contribution in [-0.2, 0) is 3.83 Å². The minimum atomic E-state index is 0.830. The normalized spacial score (nSPS) is 9.00. The Bertz CT molecular complexity index is 19.5. The molecule has 2 heteroatoms. The summed E-state index contributed by atoms with van der Waals surface area (Å²) in [6.45, 7) is 2.96. The van der Waals surface area contributed by atoms with Gasteiger partial charge in [-0.1, -0.05) is 13.3 Å². The Morgan fingerprint density at radius 2 is 2.33 bits per heavy atom. The molecule has 38 valence electrons. The molecule has 0 N–H and O–H groups in total. The maximum atomic E-state index is 4.59. The monoisotopic (exact) mass is 152 g/mol. The average molecular weight is 153 g/mol. The largest absolute Gasteiger partial charge is 0.308 e. The Balaban J connectivity index is 2.34. The number of hydrogen-bond acceptors (Lipinski definition) is 1. The average Bonchev–Trinajstić information content (AvgIpc) is 1.61. The number of unbranched alkanes of at least 4 members (excludes halogenated alkanes) is 1. The lowest BCUT2D eigenvalue weighted by molar-refractivity contribution is 0.383. The number of halogens is 1. The SMILES string of the molecule is CCCCOBr. The third-order valence-electron chi connectivity index (χ3n) is 0.575. The van der Waals surface area contributed by atoms with Gasteiger partial charge in [0.15, 0.2) is 0 Å². The molecular formula is C4H9BrO. The molecule has 0 rings (SSSR count). The van der Waals surface area contributed by atoms with Gasteiger partial charge in [0.05, 0.1) is 22.9 Å². The Labute approximate surface area is 47.1 Å². The van der Waals surface area contributed by atoms with Gasteiger partial charge in [-0.25, -0.2) is 0 Å². The molecule has 0 aromatic rings. The second-order valence-corrected chi connectivity index (χ2v) is 1.62. The van der Waals surface area contributed by atoms with Crippen LogP contribution in [0.15, 0.2) is 0 Å². The molecule has 6 heavy (non-hydrogen) atoms. The fraction of sp³-hybridized carbons (Fsp3) is 1.00. The van der Waals surface area contributed by atoms with Crippen LogP contribution in [0.3, 0.4) is 0 Å².